The molecule has 0 bridgehead atoms. The predicted octanol–water partition coefficient (Wildman–Crippen LogP) is 2.95. The quantitative estimate of drug-likeness (QED) is 0.572. The fourth-order valence-electron chi connectivity index (χ4n) is 3.23. The van der Waals surface area contributed by atoms with Gasteiger partial charge in [-0.25, -0.2) is 10.2 Å². The minimum absolute atomic E-state index is 0.181. The molecule has 1 aliphatic carbocycles. The lowest BCUT2D eigenvalue weighted by Gasteiger charge is -2.07. The van der Waals surface area contributed by atoms with Gasteiger partial charge < -0.3 is 9.15 Å². The number of fused-ring (bicyclic) bond motifs is 2. The Labute approximate surface area is 155 Å². The van der Waals surface area contributed by atoms with Gasteiger partial charge in [0.25, 0.3) is 5.91 Å². The molecule has 0 atom stereocenters. The normalized spacial score (nSPS) is 14.3. The lowest BCUT2D eigenvalue weighted by atomic mass is 10.1. The standard InChI is InChI=1S/C21H18N2O4/c1-13-10-21(25)27-19-11-15(7-8-16(13)19)26-12-20(24)23-22-18-9-6-14-4-2-3-5-17(14)18/h2-5,7-8,10-11H,6,9,12H2,1H3,(H,23,24)/b22-18-. The fourth-order valence-corrected chi connectivity index (χ4v) is 3.23. The van der Waals surface area contributed by atoms with E-state index in [4.69, 9.17) is 9.15 Å². The van der Waals surface area contributed by atoms with Crippen LogP contribution in [0.25, 0.3) is 11.0 Å². The second-order valence-electron chi connectivity index (χ2n) is 6.45. The van der Waals surface area contributed by atoms with E-state index in [0.29, 0.717) is 11.3 Å². The number of hydrogen-bond acceptors (Lipinski definition) is 5. The van der Waals surface area contributed by atoms with E-state index in [1.807, 2.05) is 25.1 Å². The van der Waals surface area contributed by atoms with Crippen LogP contribution in [0, 0.1) is 6.92 Å². The zero-order chi connectivity index (χ0) is 18.8. The number of carbonyl (C=O) groups is 1. The highest BCUT2D eigenvalue weighted by Crippen LogP contribution is 2.23. The average Bonchev–Trinajstić information content (AvgIpc) is 3.07. The van der Waals surface area contributed by atoms with Crippen LogP contribution in [-0.2, 0) is 11.2 Å². The number of ether oxygens (including phenoxy) is 1. The first kappa shape index (κ1) is 17.0. The third-order valence-corrected chi connectivity index (χ3v) is 4.57. The largest absolute Gasteiger partial charge is 0.484 e. The number of hydrazone groups is 1. The van der Waals surface area contributed by atoms with E-state index in [1.54, 1.807) is 18.2 Å². The molecule has 6 nitrogen and oxygen atoms in total. The number of carbonyl (C=O) groups excluding carboxylic acids is 1. The van der Waals surface area contributed by atoms with Gasteiger partial charge in [-0.3, -0.25) is 4.79 Å². The molecule has 136 valence electrons. The number of aryl methyl sites for hydroxylation is 2. The van der Waals surface area contributed by atoms with Gasteiger partial charge in [-0.2, -0.15) is 5.10 Å². The number of nitrogens with zero attached hydrogens (tertiary/aromatic N) is 1. The molecule has 1 amide bonds. The molecule has 27 heavy (non-hydrogen) atoms. The van der Waals surface area contributed by atoms with Gasteiger partial charge in [0.1, 0.15) is 11.3 Å². The third-order valence-electron chi connectivity index (χ3n) is 4.57. The van der Waals surface area contributed by atoms with E-state index in [9.17, 15) is 9.59 Å². The molecule has 1 aromatic heterocycles. The SMILES string of the molecule is Cc1cc(=O)oc2cc(OCC(=O)N/N=C3/CCc4ccccc43)ccc12. The Balaban J connectivity index is 1.40. The molecule has 3 aromatic rings. The molecule has 0 radical (unpaired) electrons. The van der Waals surface area contributed by atoms with E-state index < -0.39 is 5.63 Å². The Morgan fingerprint density at radius 3 is 2.93 bits per heavy atom. The lowest BCUT2D eigenvalue weighted by molar-refractivity contribution is -0.123. The van der Waals surface area contributed by atoms with Crippen molar-refractivity contribution in [1.29, 1.82) is 0 Å². The van der Waals surface area contributed by atoms with Gasteiger partial charge in [-0.15, -0.1) is 0 Å². The highest BCUT2D eigenvalue weighted by Gasteiger charge is 2.17. The maximum absolute atomic E-state index is 12.0. The van der Waals surface area contributed by atoms with Crippen molar-refractivity contribution in [3.63, 3.8) is 0 Å². The van der Waals surface area contributed by atoms with Crippen molar-refractivity contribution in [2.75, 3.05) is 6.61 Å². The Bertz CT molecular complexity index is 1110. The summed E-state index contributed by atoms with van der Waals surface area (Å²) < 4.78 is 10.7. The molecule has 1 N–H and O–H groups in total. The summed E-state index contributed by atoms with van der Waals surface area (Å²) in [5, 5.41) is 5.06. The van der Waals surface area contributed by atoms with E-state index in [-0.39, 0.29) is 12.5 Å². The minimum atomic E-state index is -0.414. The van der Waals surface area contributed by atoms with Gasteiger partial charge in [0.2, 0.25) is 0 Å². The number of nitrogens with one attached hydrogen (secondary N) is 1. The lowest BCUT2D eigenvalue weighted by Crippen LogP contribution is -2.25. The molecular formula is C21H18N2O4. The van der Waals surface area contributed by atoms with Crippen molar-refractivity contribution in [2.45, 2.75) is 19.8 Å². The van der Waals surface area contributed by atoms with Crippen LogP contribution in [0.5, 0.6) is 5.75 Å². The number of amides is 1. The van der Waals surface area contributed by atoms with Crippen LogP contribution in [0.1, 0.15) is 23.1 Å². The fraction of sp³-hybridized carbons (Fsp3) is 0.190. The van der Waals surface area contributed by atoms with Gasteiger partial charge in [0.15, 0.2) is 6.61 Å². The van der Waals surface area contributed by atoms with Gasteiger partial charge in [-0.1, -0.05) is 24.3 Å². The molecule has 0 saturated carbocycles. The summed E-state index contributed by atoms with van der Waals surface area (Å²) in [6.07, 6.45) is 1.74. The molecule has 2 aromatic carbocycles. The summed E-state index contributed by atoms with van der Waals surface area (Å²) in [7, 11) is 0. The molecule has 1 heterocycles. The van der Waals surface area contributed by atoms with Crippen molar-refractivity contribution in [1.82, 2.24) is 5.43 Å². The Hall–Kier alpha value is -3.41. The molecule has 0 aliphatic heterocycles. The van der Waals surface area contributed by atoms with E-state index in [0.717, 1.165) is 35.1 Å². The maximum Gasteiger partial charge on any atom is 0.336 e. The number of hydrogen-bond donors (Lipinski definition) is 1. The Morgan fingerprint density at radius 2 is 2.04 bits per heavy atom. The van der Waals surface area contributed by atoms with Gasteiger partial charge >= 0.3 is 5.63 Å². The van der Waals surface area contributed by atoms with Crippen LogP contribution in [0.4, 0.5) is 0 Å². The second kappa shape index (κ2) is 7.07. The van der Waals surface area contributed by atoms with Crippen molar-refractivity contribution in [2.24, 2.45) is 5.10 Å². The topological polar surface area (TPSA) is 80.9 Å². The van der Waals surface area contributed by atoms with Gasteiger partial charge in [0.05, 0.1) is 5.71 Å². The van der Waals surface area contributed by atoms with Crippen molar-refractivity contribution < 1.29 is 13.9 Å². The third kappa shape index (κ3) is 3.60. The summed E-state index contributed by atoms with van der Waals surface area (Å²) in [6.45, 7) is 1.66. The van der Waals surface area contributed by atoms with Crippen molar-refractivity contribution >= 4 is 22.6 Å². The summed E-state index contributed by atoms with van der Waals surface area (Å²) in [5.74, 6) is 0.0999. The van der Waals surface area contributed by atoms with Gasteiger partial charge in [-0.05, 0) is 43.0 Å². The monoisotopic (exact) mass is 362 g/mol. The second-order valence-corrected chi connectivity index (χ2v) is 6.45. The summed E-state index contributed by atoms with van der Waals surface area (Å²) in [5.41, 5.74) is 6.59. The molecule has 0 saturated heterocycles. The zero-order valence-corrected chi connectivity index (χ0v) is 14.8. The highest BCUT2D eigenvalue weighted by atomic mass is 16.5. The number of rotatable bonds is 4. The van der Waals surface area contributed by atoms with Crippen molar-refractivity contribution in [3.05, 3.63) is 75.6 Å². The Morgan fingerprint density at radius 1 is 1.19 bits per heavy atom. The average molecular weight is 362 g/mol. The molecule has 0 unspecified atom stereocenters. The van der Waals surface area contributed by atoms with Crippen LogP contribution in [0.2, 0.25) is 0 Å². The molecule has 6 heteroatoms. The summed E-state index contributed by atoms with van der Waals surface area (Å²) in [4.78, 5) is 23.5. The van der Waals surface area contributed by atoms with E-state index in [2.05, 4.69) is 16.6 Å². The number of benzene rings is 2. The first-order chi connectivity index (χ1) is 13.1. The summed E-state index contributed by atoms with van der Waals surface area (Å²) >= 11 is 0. The van der Waals surface area contributed by atoms with Crippen LogP contribution in [-0.4, -0.2) is 18.2 Å². The smallest absolute Gasteiger partial charge is 0.336 e. The summed E-state index contributed by atoms with van der Waals surface area (Å²) in [6, 6.07) is 14.6. The highest BCUT2D eigenvalue weighted by molar-refractivity contribution is 6.04. The zero-order valence-electron chi connectivity index (χ0n) is 14.8. The van der Waals surface area contributed by atoms with Crippen LogP contribution >= 0.6 is 0 Å². The van der Waals surface area contributed by atoms with E-state index >= 15 is 0 Å². The molecule has 1 aliphatic rings. The first-order valence-corrected chi connectivity index (χ1v) is 8.71. The van der Waals surface area contributed by atoms with Gasteiger partial charge in [0, 0.05) is 23.1 Å². The van der Waals surface area contributed by atoms with E-state index in [1.165, 1.54) is 11.6 Å². The van der Waals surface area contributed by atoms with Crippen LogP contribution in [0.3, 0.4) is 0 Å². The van der Waals surface area contributed by atoms with Crippen LogP contribution < -0.4 is 15.8 Å². The first-order valence-electron chi connectivity index (χ1n) is 8.71. The predicted molar refractivity (Wildman–Crippen MR) is 102 cm³/mol. The van der Waals surface area contributed by atoms with Crippen molar-refractivity contribution in [3.8, 4) is 5.75 Å². The molecule has 0 spiro atoms. The molecular weight excluding hydrogens is 344 g/mol. The Kier molecular flexibility index (Phi) is 4.46. The maximum atomic E-state index is 12.0. The van der Waals surface area contributed by atoms with Crippen LogP contribution in [0.15, 0.2) is 62.8 Å². The minimum Gasteiger partial charge on any atom is -0.484 e. The molecule has 4 rings (SSSR count). The molecule has 0 fully saturated rings.